The topological polar surface area (TPSA) is 79.1 Å². The first-order valence-corrected chi connectivity index (χ1v) is 12.5. The molecule has 1 aliphatic rings. The second-order valence-corrected chi connectivity index (χ2v) is 9.71. The summed E-state index contributed by atoms with van der Waals surface area (Å²) in [5, 5.41) is 12.7. The lowest BCUT2D eigenvalue weighted by atomic mass is 9.86. The second kappa shape index (κ2) is 10.4. The van der Waals surface area contributed by atoms with E-state index < -0.39 is 0 Å². The highest BCUT2D eigenvalue weighted by atomic mass is 16.5. The lowest BCUT2D eigenvalue weighted by Crippen LogP contribution is -2.31. The summed E-state index contributed by atoms with van der Waals surface area (Å²) in [5.41, 5.74) is 4.17. The van der Waals surface area contributed by atoms with Crippen molar-refractivity contribution >= 4 is 22.7 Å². The molecule has 1 aliphatic carbocycles. The molecule has 182 valence electrons. The van der Waals surface area contributed by atoms with Gasteiger partial charge in [0.2, 0.25) is 5.95 Å². The van der Waals surface area contributed by atoms with E-state index in [1.165, 1.54) is 12.8 Å². The fourth-order valence-electron chi connectivity index (χ4n) is 4.98. The molecule has 2 aromatic carbocycles. The van der Waals surface area contributed by atoms with Crippen LogP contribution < -0.4 is 15.5 Å². The Hall–Kier alpha value is -3.45. The largest absolute Gasteiger partial charge is 0.362 e. The average molecular weight is 471 g/mol. The van der Waals surface area contributed by atoms with Crippen LogP contribution in [-0.4, -0.2) is 41.8 Å². The Kier molecular flexibility index (Phi) is 6.95. The van der Waals surface area contributed by atoms with Crippen LogP contribution in [0, 0.1) is 12.8 Å². The average Bonchev–Trinajstić information content (AvgIpc) is 3.25. The van der Waals surface area contributed by atoms with E-state index >= 15 is 0 Å². The Morgan fingerprint density at radius 1 is 0.943 bits per heavy atom. The monoisotopic (exact) mass is 470 g/mol. The van der Waals surface area contributed by atoms with Crippen LogP contribution in [0.25, 0.3) is 22.2 Å². The molecule has 2 aromatic heterocycles. The van der Waals surface area contributed by atoms with E-state index in [1.807, 2.05) is 51.4 Å². The van der Waals surface area contributed by atoms with Crippen molar-refractivity contribution in [3.8, 4) is 11.3 Å². The van der Waals surface area contributed by atoms with Crippen molar-refractivity contribution in [3.05, 3.63) is 65.9 Å². The van der Waals surface area contributed by atoms with Gasteiger partial charge in [-0.2, -0.15) is 4.98 Å². The van der Waals surface area contributed by atoms with Crippen molar-refractivity contribution in [1.29, 1.82) is 0 Å². The van der Waals surface area contributed by atoms with E-state index in [-0.39, 0.29) is 0 Å². The summed E-state index contributed by atoms with van der Waals surface area (Å²) in [5.74, 6) is 3.24. The molecular formula is C28H34N6O. The molecule has 35 heavy (non-hydrogen) atoms. The van der Waals surface area contributed by atoms with Crippen LogP contribution in [0.15, 0.2) is 59.1 Å². The molecule has 5 rings (SSSR count). The van der Waals surface area contributed by atoms with Crippen molar-refractivity contribution < 1.29 is 4.52 Å². The third-order valence-corrected chi connectivity index (χ3v) is 6.95. The van der Waals surface area contributed by atoms with E-state index in [4.69, 9.17) is 14.5 Å². The van der Waals surface area contributed by atoms with Gasteiger partial charge in [-0.1, -0.05) is 47.6 Å². The second-order valence-electron chi connectivity index (χ2n) is 9.71. The highest BCUT2D eigenvalue weighted by molar-refractivity contribution is 5.90. The lowest BCUT2D eigenvalue weighted by Gasteiger charge is -2.29. The fourth-order valence-corrected chi connectivity index (χ4v) is 4.98. The zero-order valence-corrected chi connectivity index (χ0v) is 20.8. The Balaban J connectivity index is 1.14. The minimum Gasteiger partial charge on any atom is -0.362 e. The number of rotatable bonds is 8. The summed E-state index contributed by atoms with van der Waals surface area (Å²) in [4.78, 5) is 11.6. The standard InChI is InChI=1S/C28H34N6O/c1-19-24(26(33-35-19)21-9-5-4-6-10-21)18-29-17-20-13-15-22(16-14-20)30-28-31-25-12-8-7-11-23(25)27(32-28)34(2)3/h4-12,20,22,29H,13-18H2,1-3H3,(H,30,31,32). The van der Waals surface area contributed by atoms with E-state index in [9.17, 15) is 0 Å². The molecule has 4 aromatic rings. The number of aryl methyl sites for hydroxylation is 1. The first-order chi connectivity index (χ1) is 17.1. The van der Waals surface area contributed by atoms with E-state index in [0.717, 1.165) is 71.2 Å². The number of nitrogens with zero attached hydrogens (tertiary/aromatic N) is 4. The first kappa shape index (κ1) is 23.3. The number of nitrogens with one attached hydrogen (secondary N) is 2. The van der Waals surface area contributed by atoms with Gasteiger partial charge in [-0.15, -0.1) is 0 Å². The van der Waals surface area contributed by atoms with Gasteiger partial charge in [-0.25, -0.2) is 4.98 Å². The van der Waals surface area contributed by atoms with Crippen LogP contribution in [0.3, 0.4) is 0 Å². The summed E-state index contributed by atoms with van der Waals surface area (Å²) >= 11 is 0. The molecule has 1 fully saturated rings. The number of hydrogen-bond acceptors (Lipinski definition) is 7. The number of fused-ring (bicyclic) bond motifs is 1. The molecule has 0 bridgehead atoms. The highest BCUT2D eigenvalue weighted by Gasteiger charge is 2.23. The third-order valence-electron chi connectivity index (χ3n) is 6.95. The molecule has 0 unspecified atom stereocenters. The quantitative estimate of drug-likeness (QED) is 0.356. The van der Waals surface area contributed by atoms with Crippen molar-refractivity contribution in [3.63, 3.8) is 0 Å². The van der Waals surface area contributed by atoms with Crippen LogP contribution in [-0.2, 0) is 6.54 Å². The van der Waals surface area contributed by atoms with Crippen molar-refractivity contribution in [1.82, 2.24) is 20.4 Å². The first-order valence-electron chi connectivity index (χ1n) is 12.5. The minimum atomic E-state index is 0.410. The number of anilines is 2. The maximum atomic E-state index is 5.50. The SMILES string of the molecule is Cc1onc(-c2ccccc2)c1CNCC1CCC(Nc2nc(N(C)C)c3ccccc3n2)CC1. The van der Waals surface area contributed by atoms with Gasteiger partial charge in [-0.05, 0) is 57.2 Å². The van der Waals surface area contributed by atoms with Gasteiger partial charge in [0.1, 0.15) is 17.3 Å². The van der Waals surface area contributed by atoms with Gasteiger partial charge in [0.05, 0.1) is 5.52 Å². The molecule has 0 radical (unpaired) electrons. The maximum absolute atomic E-state index is 5.50. The summed E-state index contributed by atoms with van der Waals surface area (Å²) < 4.78 is 5.50. The molecule has 0 amide bonds. The van der Waals surface area contributed by atoms with E-state index in [0.29, 0.717) is 12.0 Å². The third kappa shape index (κ3) is 5.30. The van der Waals surface area contributed by atoms with Crippen molar-refractivity contribution in [2.45, 2.75) is 45.2 Å². The van der Waals surface area contributed by atoms with E-state index in [1.54, 1.807) is 0 Å². The molecule has 7 heteroatoms. The van der Waals surface area contributed by atoms with Gasteiger partial charge < -0.3 is 20.1 Å². The van der Waals surface area contributed by atoms with Gasteiger partial charge in [0.25, 0.3) is 0 Å². The smallest absolute Gasteiger partial charge is 0.225 e. The predicted octanol–water partition coefficient (Wildman–Crippen LogP) is 5.42. The van der Waals surface area contributed by atoms with Gasteiger partial charge in [-0.3, -0.25) is 0 Å². The predicted molar refractivity (Wildman–Crippen MR) is 142 cm³/mol. The van der Waals surface area contributed by atoms with Crippen LogP contribution in [0.2, 0.25) is 0 Å². The Morgan fingerprint density at radius 2 is 1.69 bits per heavy atom. The molecule has 2 N–H and O–H groups in total. The Morgan fingerprint density at radius 3 is 2.46 bits per heavy atom. The van der Waals surface area contributed by atoms with Crippen molar-refractivity contribution in [2.24, 2.45) is 5.92 Å². The van der Waals surface area contributed by atoms with Gasteiger partial charge in [0.15, 0.2) is 0 Å². The zero-order valence-electron chi connectivity index (χ0n) is 20.8. The molecule has 0 aliphatic heterocycles. The van der Waals surface area contributed by atoms with Crippen LogP contribution in [0.5, 0.6) is 0 Å². The highest BCUT2D eigenvalue weighted by Crippen LogP contribution is 2.29. The molecule has 0 saturated heterocycles. The summed E-state index contributed by atoms with van der Waals surface area (Å²) in [7, 11) is 4.06. The fraction of sp³-hybridized carbons (Fsp3) is 0.393. The molecule has 2 heterocycles. The minimum absolute atomic E-state index is 0.410. The van der Waals surface area contributed by atoms with Crippen LogP contribution in [0.1, 0.15) is 37.0 Å². The molecule has 0 spiro atoms. The van der Waals surface area contributed by atoms with Crippen molar-refractivity contribution in [2.75, 3.05) is 30.9 Å². The van der Waals surface area contributed by atoms with Crippen LogP contribution >= 0.6 is 0 Å². The molecular weight excluding hydrogens is 436 g/mol. The summed E-state index contributed by atoms with van der Waals surface area (Å²) in [6, 6.07) is 18.9. The van der Waals surface area contributed by atoms with Gasteiger partial charge in [0, 0.05) is 43.2 Å². The Labute approximate surface area is 206 Å². The lowest BCUT2D eigenvalue weighted by molar-refractivity contribution is 0.323. The van der Waals surface area contributed by atoms with Crippen LogP contribution in [0.4, 0.5) is 11.8 Å². The number of benzene rings is 2. The Bertz CT molecular complexity index is 1260. The molecule has 7 nitrogen and oxygen atoms in total. The summed E-state index contributed by atoms with van der Waals surface area (Å²) in [6.07, 6.45) is 4.63. The summed E-state index contributed by atoms with van der Waals surface area (Å²) in [6.45, 7) is 3.77. The normalized spacial score (nSPS) is 18.0. The van der Waals surface area contributed by atoms with E-state index in [2.05, 4.69) is 45.0 Å². The zero-order chi connectivity index (χ0) is 24.2. The van der Waals surface area contributed by atoms with Gasteiger partial charge >= 0.3 is 0 Å². The number of aromatic nitrogens is 3. The molecule has 1 saturated carbocycles. The number of hydrogen-bond donors (Lipinski definition) is 2. The maximum Gasteiger partial charge on any atom is 0.225 e. The molecule has 0 atom stereocenters. The number of para-hydroxylation sites is 1.